The molecule has 23 heavy (non-hydrogen) atoms. The van der Waals surface area contributed by atoms with Gasteiger partial charge in [-0.3, -0.25) is 4.55 Å². The van der Waals surface area contributed by atoms with Gasteiger partial charge in [0, 0.05) is 17.4 Å². The molecule has 0 fully saturated rings. The van der Waals surface area contributed by atoms with Crippen molar-refractivity contribution in [2.45, 2.75) is 13.3 Å². The Bertz CT molecular complexity index is 775. The number of rotatable bonds is 7. The molecule has 2 aromatic rings. The van der Waals surface area contributed by atoms with Crippen LogP contribution in [-0.2, 0) is 10.1 Å². The molecule has 0 radical (unpaired) electrons. The maximum Gasteiger partial charge on any atom is 0.264 e. The molecule has 0 unspecified atom stereocenters. The van der Waals surface area contributed by atoms with Crippen LogP contribution in [0.1, 0.15) is 12.0 Å². The lowest BCUT2D eigenvalue weighted by molar-refractivity contribution is 0.318. The number of hydrogen-bond acceptors (Lipinski definition) is 5. The standard InChI is InChI=1S/C16H20N2O4S/c1-12-4-2-5-13(10-12)18-14-6-7-15(17)16(11-14)22-8-3-9-23(19,20)21/h2,4-7,10-11,18H,3,8-9,17H2,1H3,(H,19,20,21). The van der Waals surface area contributed by atoms with Crippen LogP contribution in [0.3, 0.4) is 0 Å². The minimum atomic E-state index is -3.97. The molecule has 0 aliphatic rings. The number of nitrogens with two attached hydrogens (primary N) is 1. The maximum absolute atomic E-state index is 10.7. The molecule has 0 aliphatic heterocycles. The summed E-state index contributed by atoms with van der Waals surface area (Å²) in [4.78, 5) is 0. The number of hydrogen-bond donors (Lipinski definition) is 3. The van der Waals surface area contributed by atoms with Crippen molar-refractivity contribution in [2.24, 2.45) is 0 Å². The van der Waals surface area contributed by atoms with Gasteiger partial charge >= 0.3 is 0 Å². The van der Waals surface area contributed by atoms with Gasteiger partial charge < -0.3 is 15.8 Å². The molecule has 7 heteroatoms. The van der Waals surface area contributed by atoms with Crippen LogP contribution in [0, 0.1) is 6.92 Å². The van der Waals surface area contributed by atoms with Gasteiger partial charge in [-0.15, -0.1) is 0 Å². The Kier molecular flexibility index (Phi) is 5.46. The van der Waals surface area contributed by atoms with Crippen molar-refractivity contribution < 1.29 is 17.7 Å². The Morgan fingerprint density at radius 1 is 1.17 bits per heavy atom. The molecule has 2 aromatic carbocycles. The highest BCUT2D eigenvalue weighted by atomic mass is 32.2. The maximum atomic E-state index is 10.7. The van der Waals surface area contributed by atoms with E-state index in [1.807, 2.05) is 37.3 Å². The Balaban J connectivity index is 2.01. The van der Waals surface area contributed by atoms with Crippen molar-refractivity contribution >= 4 is 27.2 Å². The zero-order valence-electron chi connectivity index (χ0n) is 12.8. The van der Waals surface area contributed by atoms with Gasteiger partial charge in [0.15, 0.2) is 0 Å². The van der Waals surface area contributed by atoms with Crippen LogP contribution in [0.15, 0.2) is 42.5 Å². The summed E-state index contributed by atoms with van der Waals surface area (Å²) < 4.78 is 35.5. The summed E-state index contributed by atoms with van der Waals surface area (Å²) in [6, 6.07) is 13.3. The van der Waals surface area contributed by atoms with Crippen molar-refractivity contribution in [2.75, 3.05) is 23.4 Å². The summed E-state index contributed by atoms with van der Waals surface area (Å²) in [5, 5.41) is 3.26. The monoisotopic (exact) mass is 336 g/mol. The molecule has 0 atom stereocenters. The molecule has 0 saturated carbocycles. The second-order valence-electron chi connectivity index (χ2n) is 5.24. The molecule has 2 rings (SSSR count). The summed E-state index contributed by atoms with van der Waals surface area (Å²) in [5.74, 6) is 0.131. The van der Waals surface area contributed by atoms with E-state index in [4.69, 9.17) is 15.0 Å². The summed E-state index contributed by atoms with van der Waals surface area (Å²) >= 11 is 0. The summed E-state index contributed by atoms with van der Waals surface area (Å²) in [7, 11) is -3.97. The van der Waals surface area contributed by atoms with E-state index in [9.17, 15) is 8.42 Å². The van der Waals surface area contributed by atoms with Gasteiger partial charge in [0.2, 0.25) is 0 Å². The Morgan fingerprint density at radius 2 is 1.91 bits per heavy atom. The van der Waals surface area contributed by atoms with Crippen LogP contribution in [-0.4, -0.2) is 25.3 Å². The topological polar surface area (TPSA) is 102 Å². The van der Waals surface area contributed by atoms with Crippen LogP contribution >= 0.6 is 0 Å². The van der Waals surface area contributed by atoms with Crippen molar-refractivity contribution in [3.05, 3.63) is 48.0 Å². The largest absolute Gasteiger partial charge is 0.491 e. The third-order valence-corrected chi connectivity index (χ3v) is 3.93. The van der Waals surface area contributed by atoms with E-state index in [0.29, 0.717) is 11.4 Å². The highest BCUT2D eigenvalue weighted by molar-refractivity contribution is 7.85. The quantitative estimate of drug-likeness (QED) is 0.408. The van der Waals surface area contributed by atoms with Crippen LogP contribution in [0.25, 0.3) is 0 Å². The van der Waals surface area contributed by atoms with Gasteiger partial charge in [0.05, 0.1) is 18.0 Å². The predicted octanol–water partition coefficient (Wildman–Crippen LogP) is 2.98. The summed E-state index contributed by atoms with van der Waals surface area (Å²) in [6.45, 7) is 2.16. The van der Waals surface area contributed by atoms with E-state index >= 15 is 0 Å². The zero-order valence-corrected chi connectivity index (χ0v) is 13.6. The lowest BCUT2D eigenvalue weighted by Crippen LogP contribution is -2.09. The molecule has 6 nitrogen and oxygen atoms in total. The molecule has 4 N–H and O–H groups in total. The minimum Gasteiger partial charge on any atom is -0.491 e. The van der Waals surface area contributed by atoms with Crippen LogP contribution in [0.4, 0.5) is 17.1 Å². The van der Waals surface area contributed by atoms with Crippen LogP contribution < -0.4 is 15.8 Å². The molecular formula is C16H20N2O4S. The van der Waals surface area contributed by atoms with E-state index in [2.05, 4.69) is 5.32 Å². The van der Waals surface area contributed by atoms with E-state index < -0.39 is 10.1 Å². The van der Waals surface area contributed by atoms with Crippen LogP contribution in [0.2, 0.25) is 0 Å². The lowest BCUT2D eigenvalue weighted by Gasteiger charge is -2.12. The van der Waals surface area contributed by atoms with Crippen molar-refractivity contribution in [3.63, 3.8) is 0 Å². The average molecular weight is 336 g/mol. The normalized spacial score (nSPS) is 11.2. The number of ether oxygens (including phenoxy) is 1. The molecule has 0 amide bonds. The first-order chi connectivity index (χ1) is 10.8. The Hall–Kier alpha value is -2.25. The van der Waals surface area contributed by atoms with Crippen molar-refractivity contribution in [3.8, 4) is 5.75 Å². The molecule has 0 bridgehead atoms. The van der Waals surface area contributed by atoms with Crippen LogP contribution in [0.5, 0.6) is 5.75 Å². The van der Waals surface area contributed by atoms with E-state index in [1.54, 1.807) is 12.1 Å². The molecule has 0 heterocycles. The molecule has 0 aromatic heterocycles. The Labute approximate surface area is 136 Å². The number of anilines is 3. The highest BCUT2D eigenvalue weighted by Crippen LogP contribution is 2.27. The van der Waals surface area contributed by atoms with E-state index in [-0.39, 0.29) is 18.8 Å². The third kappa shape index (κ3) is 5.80. The fraction of sp³-hybridized carbons (Fsp3) is 0.250. The van der Waals surface area contributed by atoms with E-state index in [0.717, 1.165) is 16.9 Å². The molecule has 0 spiro atoms. The second-order valence-corrected chi connectivity index (χ2v) is 6.81. The number of aryl methyl sites for hydroxylation is 1. The molecule has 0 saturated heterocycles. The first-order valence-electron chi connectivity index (χ1n) is 7.15. The van der Waals surface area contributed by atoms with Gasteiger partial charge in [-0.05, 0) is 43.2 Å². The first-order valence-corrected chi connectivity index (χ1v) is 8.75. The van der Waals surface area contributed by atoms with Crippen molar-refractivity contribution in [1.82, 2.24) is 0 Å². The summed E-state index contributed by atoms with van der Waals surface area (Å²) in [6.07, 6.45) is 0.188. The van der Waals surface area contributed by atoms with E-state index in [1.165, 1.54) is 0 Å². The average Bonchev–Trinajstić information content (AvgIpc) is 2.46. The SMILES string of the molecule is Cc1cccc(Nc2ccc(N)c(OCCCS(=O)(=O)O)c2)c1. The second kappa shape index (κ2) is 7.34. The highest BCUT2D eigenvalue weighted by Gasteiger charge is 2.06. The number of nitrogens with one attached hydrogen (secondary N) is 1. The number of nitrogen functional groups attached to an aromatic ring is 1. The van der Waals surface area contributed by atoms with Gasteiger partial charge in [0.25, 0.3) is 10.1 Å². The lowest BCUT2D eigenvalue weighted by atomic mass is 10.2. The third-order valence-electron chi connectivity index (χ3n) is 3.12. The molecule has 124 valence electrons. The fourth-order valence-electron chi connectivity index (χ4n) is 2.05. The summed E-state index contributed by atoms with van der Waals surface area (Å²) in [5.41, 5.74) is 9.23. The van der Waals surface area contributed by atoms with Gasteiger partial charge in [-0.2, -0.15) is 8.42 Å². The first kappa shape index (κ1) is 17.1. The molecule has 0 aliphatic carbocycles. The van der Waals surface area contributed by atoms with Crippen molar-refractivity contribution in [1.29, 1.82) is 0 Å². The smallest absolute Gasteiger partial charge is 0.264 e. The Morgan fingerprint density at radius 3 is 2.61 bits per heavy atom. The fourth-order valence-corrected chi connectivity index (χ4v) is 2.53. The van der Waals surface area contributed by atoms with Gasteiger partial charge in [0.1, 0.15) is 5.75 Å². The van der Waals surface area contributed by atoms with Gasteiger partial charge in [-0.1, -0.05) is 12.1 Å². The van der Waals surface area contributed by atoms with Gasteiger partial charge in [-0.25, -0.2) is 0 Å². The molecular weight excluding hydrogens is 316 g/mol. The zero-order chi connectivity index (χ0) is 16.9. The number of benzene rings is 2. The predicted molar refractivity (Wildman–Crippen MR) is 91.8 cm³/mol. The minimum absolute atomic E-state index is 0.151.